The van der Waals surface area contributed by atoms with E-state index >= 15 is 0 Å². The Morgan fingerprint density at radius 2 is 1.67 bits per heavy atom. The minimum atomic E-state index is -1.18. The molecule has 0 spiro atoms. The molecule has 10 nitrogen and oxygen atoms in total. The van der Waals surface area contributed by atoms with Gasteiger partial charge in [-0.2, -0.15) is 0 Å². The number of carbonyl (C=O) groups excluding carboxylic acids is 3. The molecule has 5 aliphatic carbocycles. The Bertz CT molecular complexity index is 1770. The Balaban J connectivity index is 1.30. The number of aliphatic carboxylic acids is 1. The summed E-state index contributed by atoms with van der Waals surface area (Å²) in [5.41, 5.74) is 0.931. The number of aliphatic hydroxyl groups excluding tert-OH is 1. The topological polar surface area (TPSA) is 137 Å². The molecule has 0 aliphatic heterocycles. The molecule has 4 fully saturated rings. The van der Waals surface area contributed by atoms with Gasteiger partial charge in [0.2, 0.25) is 5.91 Å². The highest BCUT2D eigenvalue weighted by atomic mass is 16.5. The molecule has 5 aliphatic rings. The van der Waals surface area contributed by atoms with Crippen LogP contribution < -0.4 is 0 Å². The van der Waals surface area contributed by atoms with Crippen LogP contribution in [0.5, 0.6) is 0 Å². The normalized spacial score (nSPS) is 35.2. The fourth-order valence-corrected chi connectivity index (χ4v) is 13.6. The fourth-order valence-electron chi connectivity index (χ4n) is 13.6. The molecule has 0 radical (unpaired) electrons. The predicted octanol–water partition coefficient (Wildman–Crippen LogP) is 7.73. The van der Waals surface area contributed by atoms with E-state index in [0.29, 0.717) is 24.8 Å². The lowest BCUT2D eigenvalue weighted by Crippen LogP contribution is -2.66. The third kappa shape index (κ3) is 7.20. The van der Waals surface area contributed by atoms with E-state index in [2.05, 4.69) is 53.5 Å². The Morgan fingerprint density at radius 3 is 2.28 bits per heavy atom. The molecule has 1 amide bonds. The minimum absolute atomic E-state index is 0.00537. The molecule has 57 heavy (non-hydrogen) atoms. The number of pyridine rings is 1. The third-order valence-corrected chi connectivity index (χ3v) is 16.9. The van der Waals surface area contributed by atoms with Crippen LogP contribution in [0.4, 0.5) is 0 Å². The molecular weight excluding hydrogens is 719 g/mol. The molecule has 6 rings (SSSR count). The van der Waals surface area contributed by atoms with Gasteiger partial charge < -0.3 is 19.8 Å². The van der Waals surface area contributed by atoms with Crippen molar-refractivity contribution in [3.8, 4) is 0 Å². The van der Waals surface area contributed by atoms with Gasteiger partial charge in [0.25, 0.3) is 0 Å². The van der Waals surface area contributed by atoms with Crippen molar-refractivity contribution >= 4 is 23.6 Å². The molecule has 0 unspecified atom stereocenters. The summed E-state index contributed by atoms with van der Waals surface area (Å²) in [6.45, 7) is 20.4. The summed E-state index contributed by atoms with van der Waals surface area (Å²) in [4.78, 5) is 60.3. The molecule has 1 aromatic heterocycles. The molecule has 0 aromatic carbocycles. The van der Waals surface area contributed by atoms with Gasteiger partial charge in [0, 0.05) is 56.8 Å². The average molecular weight is 790 g/mol. The van der Waals surface area contributed by atoms with E-state index in [0.717, 1.165) is 62.5 Å². The maximum atomic E-state index is 14.3. The number of aliphatic hydroxyl groups is 1. The molecule has 9 atom stereocenters. The second-order valence-corrected chi connectivity index (χ2v) is 21.4. The number of ketones is 1. The van der Waals surface area contributed by atoms with E-state index in [1.165, 1.54) is 5.57 Å². The van der Waals surface area contributed by atoms with Crippen molar-refractivity contribution < 1.29 is 34.1 Å². The van der Waals surface area contributed by atoms with Crippen LogP contribution in [0.2, 0.25) is 0 Å². The van der Waals surface area contributed by atoms with Crippen LogP contribution in [0, 0.1) is 56.2 Å². The van der Waals surface area contributed by atoms with Crippen LogP contribution in [-0.4, -0.2) is 88.0 Å². The number of allylic oxidation sites excluding steroid dienone is 1. The zero-order valence-electron chi connectivity index (χ0n) is 36.7. The molecule has 0 bridgehead atoms. The summed E-state index contributed by atoms with van der Waals surface area (Å²) in [5.74, 6) is -0.302. The van der Waals surface area contributed by atoms with Gasteiger partial charge >= 0.3 is 11.9 Å². The molecular formula is C47H71N3O7. The van der Waals surface area contributed by atoms with Crippen molar-refractivity contribution in [2.45, 2.75) is 145 Å². The highest BCUT2D eigenvalue weighted by Crippen LogP contribution is 2.77. The van der Waals surface area contributed by atoms with E-state index in [4.69, 9.17) is 4.74 Å². The monoisotopic (exact) mass is 790 g/mol. The first-order chi connectivity index (χ1) is 26.4. The predicted molar refractivity (Wildman–Crippen MR) is 220 cm³/mol. The first kappa shape index (κ1) is 43.5. The van der Waals surface area contributed by atoms with Gasteiger partial charge in [-0.3, -0.25) is 29.1 Å². The summed E-state index contributed by atoms with van der Waals surface area (Å²) in [7, 11) is 3.51. The highest BCUT2D eigenvalue weighted by Gasteiger charge is 2.71. The number of aromatic nitrogens is 1. The van der Waals surface area contributed by atoms with E-state index < -0.39 is 28.9 Å². The lowest BCUT2D eigenvalue weighted by Gasteiger charge is -2.72. The summed E-state index contributed by atoms with van der Waals surface area (Å²) in [6.07, 6.45) is 10.0. The van der Waals surface area contributed by atoms with Crippen molar-refractivity contribution in [3.63, 3.8) is 0 Å². The van der Waals surface area contributed by atoms with E-state index in [-0.39, 0.29) is 70.8 Å². The average Bonchev–Trinajstić information content (AvgIpc) is 3.43. The second kappa shape index (κ2) is 15.2. The molecule has 316 valence electrons. The maximum Gasteiger partial charge on any atom is 0.309 e. The van der Waals surface area contributed by atoms with Crippen LogP contribution in [0.1, 0.15) is 132 Å². The van der Waals surface area contributed by atoms with E-state index in [1.54, 1.807) is 39.0 Å². The summed E-state index contributed by atoms with van der Waals surface area (Å²) < 4.78 is 6.18. The summed E-state index contributed by atoms with van der Waals surface area (Å²) >= 11 is 0. The lowest BCUT2D eigenvalue weighted by atomic mass is 9.33. The number of hydrogen-bond donors (Lipinski definition) is 2. The van der Waals surface area contributed by atoms with Crippen molar-refractivity contribution in [1.82, 2.24) is 14.8 Å². The number of rotatable bonds is 12. The summed E-state index contributed by atoms with van der Waals surface area (Å²) in [5, 5.41) is 22.3. The number of carbonyl (C=O) groups is 4. The molecule has 1 aromatic rings. The smallest absolute Gasteiger partial charge is 0.309 e. The highest BCUT2D eigenvalue weighted by molar-refractivity contribution is 6.00. The molecule has 10 heteroatoms. The lowest BCUT2D eigenvalue weighted by molar-refractivity contribution is -0.235. The first-order valence-electron chi connectivity index (χ1n) is 21.6. The molecule has 4 saturated carbocycles. The number of hydrogen-bond acceptors (Lipinski definition) is 8. The number of nitrogens with zero attached hydrogens (tertiary/aromatic N) is 3. The van der Waals surface area contributed by atoms with Crippen LogP contribution in [-0.2, 0) is 30.5 Å². The van der Waals surface area contributed by atoms with E-state index in [9.17, 15) is 29.4 Å². The Hall–Kier alpha value is -3.11. The number of Topliss-reactive ketones (excluding diaryl/α,β-unsaturated/α-hetero) is 1. The number of esters is 1. The van der Waals surface area contributed by atoms with Crippen molar-refractivity contribution in [2.75, 3.05) is 27.2 Å². The van der Waals surface area contributed by atoms with Gasteiger partial charge in [-0.1, -0.05) is 60.1 Å². The maximum absolute atomic E-state index is 14.3. The first-order valence-corrected chi connectivity index (χ1v) is 21.6. The van der Waals surface area contributed by atoms with Crippen LogP contribution in [0.25, 0.3) is 0 Å². The minimum Gasteiger partial charge on any atom is -0.481 e. The molecule has 0 saturated heterocycles. The molecule has 2 N–H and O–H groups in total. The summed E-state index contributed by atoms with van der Waals surface area (Å²) in [6, 6.07) is 3.89. The second-order valence-electron chi connectivity index (χ2n) is 21.4. The van der Waals surface area contributed by atoms with Crippen molar-refractivity contribution in [2.24, 2.45) is 56.2 Å². The third-order valence-electron chi connectivity index (χ3n) is 16.9. The van der Waals surface area contributed by atoms with Crippen LogP contribution >= 0.6 is 0 Å². The fraction of sp³-hybridized carbons (Fsp3) is 0.766. The largest absolute Gasteiger partial charge is 0.481 e. The number of likely N-dealkylation sites (N-methyl/N-ethyl adjacent to an activating group) is 1. The van der Waals surface area contributed by atoms with Crippen molar-refractivity contribution in [3.05, 3.63) is 41.2 Å². The van der Waals surface area contributed by atoms with Gasteiger partial charge in [0.05, 0.1) is 24.5 Å². The zero-order chi connectivity index (χ0) is 42.1. The number of ether oxygens (including phenoxy) is 1. The zero-order valence-corrected chi connectivity index (χ0v) is 36.7. The van der Waals surface area contributed by atoms with Gasteiger partial charge in [-0.25, -0.2) is 0 Å². The van der Waals surface area contributed by atoms with Crippen LogP contribution in [0.3, 0.4) is 0 Å². The van der Waals surface area contributed by atoms with Crippen LogP contribution in [0.15, 0.2) is 35.7 Å². The SMILES string of the molecule is CC(C)C1=C2[C@H]3CC[C@@H]4[C@@]5(C)CC[C@H](OC(=O)CC(C)(C)C(=O)O)C(C)(C)[C@@H]5CC[C@@]4(C)[C@]3(C)CC[C@@]2([C@@H](O)CN(CC(=O)N(C)C)Cc2cccnc2)CC1=O. The van der Waals surface area contributed by atoms with Gasteiger partial charge in [0.1, 0.15) is 6.10 Å². The van der Waals surface area contributed by atoms with Gasteiger partial charge in [0.15, 0.2) is 5.78 Å². The quantitative estimate of drug-likeness (QED) is 0.204. The van der Waals surface area contributed by atoms with Gasteiger partial charge in [-0.05, 0) is 122 Å². The number of carboxylic acids is 1. The molecule has 1 heterocycles. The Kier molecular flexibility index (Phi) is 11.6. The standard InChI is InChI=1S/C47H71N3O7/c1-29(2)39-32(51)23-47(35(52)27-50(28-37(53)49(10)11)26-30-13-12-22-48-25-30)21-20-45(8)31(40(39)47)14-15-34-44(7)18-17-36(57-38(54)24-42(3,4)41(55)56)43(5,6)33(44)16-19-46(34,45)9/h12-13,22,25,29,31,33-36,52H,14-21,23-24,26-28H2,1-11H3,(H,55,56)/t31-,33+,34-,35+,36+,44+,45-,46-,47+/m1/s1. The Labute approximate surface area is 341 Å². The Morgan fingerprint density at radius 1 is 0.965 bits per heavy atom. The van der Waals surface area contributed by atoms with Gasteiger partial charge in [-0.15, -0.1) is 0 Å². The number of fused-ring (bicyclic) bond motifs is 7. The number of amides is 1. The number of carboxylic acid groups (broad SMARTS) is 1. The van der Waals surface area contributed by atoms with E-state index in [1.807, 2.05) is 23.2 Å². The van der Waals surface area contributed by atoms with Crippen molar-refractivity contribution in [1.29, 1.82) is 0 Å².